The van der Waals surface area contributed by atoms with E-state index in [1.165, 1.54) is 83.5 Å². The van der Waals surface area contributed by atoms with Crippen LogP contribution in [0.1, 0.15) is 96.8 Å². The third-order valence-corrected chi connectivity index (χ3v) is 7.42. The van der Waals surface area contributed by atoms with Crippen molar-refractivity contribution in [2.45, 2.75) is 96.8 Å². The van der Waals surface area contributed by atoms with Crippen molar-refractivity contribution in [1.82, 2.24) is 0 Å². The largest absolute Gasteiger partial charge is 0.462 e. The van der Waals surface area contributed by atoms with E-state index in [-0.39, 0.29) is 49.4 Å². The minimum atomic E-state index is -4.38. The smallest absolute Gasteiger partial charge is 0.323 e. The molecule has 0 aromatic rings. The van der Waals surface area contributed by atoms with Crippen LogP contribution in [0, 0.1) is 0 Å². The quantitative estimate of drug-likeness (QED) is 0.0293. The fourth-order valence-electron chi connectivity index (χ4n) is 4.28. The number of ether oxygens (including phenoxy) is 8. The van der Waals surface area contributed by atoms with Gasteiger partial charge in [-0.1, -0.05) is 76.9 Å². The van der Waals surface area contributed by atoms with E-state index in [1.807, 2.05) is 0 Å². The first-order valence-electron chi connectivity index (χ1n) is 17.8. The number of carbonyl (C=O) groups excluding carboxylic acids is 1. The molecule has 0 aromatic heterocycles. The van der Waals surface area contributed by atoms with Crippen molar-refractivity contribution in [3.8, 4) is 0 Å². The first-order chi connectivity index (χ1) is 23.0. The predicted octanol–water partition coefficient (Wildman–Crippen LogP) is 5.19. The van der Waals surface area contributed by atoms with Gasteiger partial charge in [-0.05, 0) is 32.1 Å². The molecule has 0 aromatic carbocycles. The Bertz CT molecular complexity index is 786. The summed E-state index contributed by atoms with van der Waals surface area (Å²) in [5, 5.41) is 0. The van der Waals surface area contributed by atoms with E-state index in [0.29, 0.717) is 72.7 Å². The van der Waals surface area contributed by atoms with Gasteiger partial charge >= 0.3 is 5.97 Å². The van der Waals surface area contributed by atoms with Gasteiger partial charge in [0.05, 0.1) is 85.9 Å². The summed E-state index contributed by atoms with van der Waals surface area (Å²) in [7, 11) is -4.38. The van der Waals surface area contributed by atoms with Gasteiger partial charge in [0, 0.05) is 36.2 Å². The van der Waals surface area contributed by atoms with Gasteiger partial charge in [0.25, 0.3) is 10.1 Å². The number of unbranched alkanes of at least 4 members (excludes halogenated alkanes) is 12. The van der Waals surface area contributed by atoms with E-state index in [1.54, 1.807) is 0 Å². The molecule has 48 heavy (non-hydrogen) atoms. The van der Waals surface area contributed by atoms with Crippen LogP contribution in [0.25, 0.3) is 0 Å². The van der Waals surface area contributed by atoms with E-state index >= 15 is 0 Å². The average Bonchev–Trinajstić information content (AvgIpc) is 3.03. The van der Waals surface area contributed by atoms with Crippen LogP contribution in [0.5, 0.6) is 0 Å². The van der Waals surface area contributed by atoms with Crippen molar-refractivity contribution in [3.05, 3.63) is 12.2 Å². The van der Waals surface area contributed by atoms with Crippen molar-refractivity contribution in [1.29, 1.82) is 0 Å². The molecule has 281 valence electrons. The van der Waals surface area contributed by atoms with Gasteiger partial charge in [-0.25, -0.2) is 0 Å². The van der Waals surface area contributed by atoms with E-state index in [4.69, 9.17) is 37.7 Å². The molecule has 0 saturated carbocycles. The molecule has 14 heteroatoms. The normalized spacial score (nSPS) is 11.7. The molecular weight excluding hydrogens is 655 g/mol. The van der Waals surface area contributed by atoms with E-state index in [2.05, 4.69) is 23.8 Å². The second-order valence-corrected chi connectivity index (χ2v) is 12.6. The molecule has 0 spiro atoms. The average molecular weight is 722 g/mol. The zero-order valence-corrected chi connectivity index (χ0v) is 33.0. The number of rotatable bonds is 39. The zero-order valence-electron chi connectivity index (χ0n) is 30.2. The molecule has 0 fully saturated rings. The Morgan fingerprint density at radius 3 is 1.17 bits per heavy atom. The molecule has 0 saturated heterocycles. The molecule has 0 atom stereocenters. The Hall–Kier alpha value is -0.160. The maximum Gasteiger partial charge on any atom is 0.323 e. The van der Waals surface area contributed by atoms with Crippen molar-refractivity contribution in [3.63, 3.8) is 0 Å². The maximum atomic E-state index is 11.1. The van der Waals surface area contributed by atoms with Crippen LogP contribution in [0.2, 0.25) is 0 Å². The van der Waals surface area contributed by atoms with Crippen LogP contribution in [0.15, 0.2) is 12.2 Å². The number of hydrogen-bond donors (Lipinski definition) is 1. The van der Waals surface area contributed by atoms with E-state index < -0.39 is 21.8 Å². The summed E-state index contributed by atoms with van der Waals surface area (Å²) in [6.45, 7) is 8.68. The van der Waals surface area contributed by atoms with Crippen LogP contribution < -0.4 is 0 Å². The van der Waals surface area contributed by atoms with Gasteiger partial charge in [0.1, 0.15) is 6.61 Å². The summed E-state index contributed by atoms with van der Waals surface area (Å²) in [5.41, 5.74) is 0. The molecule has 0 bridgehead atoms. The van der Waals surface area contributed by atoms with Crippen LogP contribution in [-0.4, -0.2) is 153 Å². The fraction of sp³-hybridized carbons (Fsp3) is 0.912. The van der Waals surface area contributed by atoms with Crippen molar-refractivity contribution in [2.24, 2.45) is 0 Å². The molecule has 0 rings (SSSR count). The van der Waals surface area contributed by atoms with Crippen molar-refractivity contribution >= 4 is 45.6 Å². The summed E-state index contributed by atoms with van der Waals surface area (Å²) in [6, 6.07) is 0. The van der Waals surface area contributed by atoms with Gasteiger partial charge < -0.3 is 37.9 Å². The Balaban J connectivity index is 0. The third-order valence-electron chi connectivity index (χ3n) is 6.82. The van der Waals surface area contributed by atoms with Crippen LogP contribution >= 0.6 is 0 Å². The molecule has 0 aliphatic rings. The molecule has 0 aliphatic carbocycles. The molecular formula is C34H66NaO12S. The Morgan fingerprint density at radius 1 is 0.479 bits per heavy atom. The molecule has 12 nitrogen and oxygen atoms in total. The summed E-state index contributed by atoms with van der Waals surface area (Å²) in [4.78, 5) is 11.1. The first kappa shape index (κ1) is 50.0. The zero-order chi connectivity index (χ0) is 34.4. The Kier molecular flexibility index (Phi) is 42.9. The fourth-order valence-corrected chi connectivity index (χ4v) is 4.66. The van der Waals surface area contributed by atoms with Crippen molar-refractivity contribution in [2.75, 3.05) is 105 Å². The van der Waals surface area contributed by atoms with Gasteiger partial charge in [-0.15, -0.1) is 0 Å². The first-order valence-corrected chi connectivity index (χ1v) is 19.4. The maximum absolute atomic E-state index is 11.1. The number of hydrogen-bond acceptors (Lipinski definition) is 11. The minimum absolute atomic E-state index is 0. The summed E-state index contributed by atoms with van der Waals surface area (Å²) < 4.78 is 72.2. The van der Waals surface area contributed by atoms with Gasteiger partial charge in [-0.3, -0.25) is 9.35 Å². The predicted molar refractivity (Wildman–Crippen MR) is 188 cm³/mol. The number of carbonyl (C=O) groups is 1. The summed E-state index contributed by atoms with van der Waals surface area (Å²) in [6.07, 6.45) is 23.1. The van der Waals surface area contributed by atoms with Gasteiger partial charge in [-0.2, -0.15) is 8.42 Å². The molecule has 0 amide bonds. The Morgan fingerprint density at radius 2 is 0.792 bits per heavy atom. The SMILES string of the molecule is CCCCCCCCC=CCCCCCCCCOCCOCCOCCOCCOCCOCCOCCOC(=O)CS(=O)(=O)O.[Na]. The minimum Gasteiger partial charge on any atom is -0.462 e. The standard InChI is InChI=1S/C34H66O12S.Na/c1-2-3-4-5-6-7-8-9-10-11-12-13-14-15-16-17-18-39-19-20-40-21-22-41-23-24-42-25-26-43-27-28-44-29-30-45-31-32-46-34(35)33-47(36,37)38;/h9-10H,2-8,11-33H2,1H3,(H,36,37,38);. The molecule has 1 radical (unpaired) electrons. The molecule has 0 heterocycles. The monoisotopic (exact) mass is 721 g/mol. The molecule has 0 aliphatic heterocycles. The van der Waals surface area contributed by atoms with Crippen LogP contribution in [-0.2, 0) is 52.8 Å². The van der Waals surface area contributed by atoms with Gasteiger partial charge in [0.15, 0.2) is 5.75 Å². The van der Waals surface area contributed by atoms with Crippen LogP contribution in [0.3, 0.4) is 0 Å². The third kappa shape index (κ3) is 45.8. The summed E-state index contributed by atoms with van der Waals surface area (Å²) >= 11 is 0. The van der Waals surface area contributed by atoms with E-state index in [0.717, 1.165) is 13.0 Å². The topological polar surface area (TPSA) is 145 Å². The summed E-state index contributed by atoms with van der Waals surface area (Å²) in [5.74, 6) is -2.10. The van der Waals surface area contributed by atoms with Crippen molar-refractivity contribution < 1.29 is 55.7 Å². The number of esters is 1. The molecule has 1 N–H and O–H groups in total. The molecule has 0 unspecified atom stereocenters. The van der Waals surface area contributed by atoms with Gasteiger partial charge in [0.2, 0.25) is 0 Å². The number of allylic oxidation sites excluding steroid dienone is 2. The van der Waals surface area contributed by atoms with E-state index in [9.17, 15) is 13.2 Å². The second kappa shape index (κ2) is 41.3. The second-order valence-electron chi connectivity index (χ2n) is 11.2. The van der Waals surface area contributed by atoms with Crippen LogP contribution in [0.4, 0.5) is 0 Å². The Labute approximate surface area is 313 Å².